The minimum absolute atomic E-state index is 0.497. The van der Waals surface area contributed by atoms with Crippen LogP contribution in [0.1, 0.15) is 30.0 Å². The van der Waals surface area contributed by atoms with Crippen LogP contribution in [0.15, 0.2) is 66.4 Å². The molecule has 5 heteroatoms. The predicted molar refractivity (Wildman–Crippen MR) is 121 cm³/mol. The number of benzene rings is 2. The fourth-order valence-electron chi connectivity index (χ4n) is 3.89. The van der Waals surface area contributed by atoms with Crippen LogP contribution in [0.5, 0.6) is 5.75 Å². The summed E-state index contributed by atoms with van der Waals surface area (Å²) in [5.41, 5.74) is 6.15. The zero-order chi connectivity index (χ0) is 21.1. The number of fused-ring (bicyclic) bond motifs is 1. The Morgan fingerprint density at radius 2 is 2.03 bits per heavy atom. The van der Waals surface area contributed by atoms with E-state index < -0.39 is 12.0 Å². The first kappa shape index (κ1) is 20.3. The zero-order valence-corrected chi connectivity index (χ0v) is 17.6. The molecule has 0 saturated heterocycles. The summed E-state index contributed by atoms with van der Waals surface area (Å²) in [7, 11) is 0. The molecule has 4 rings (SSSR count). The second-order valence-corrected chi connectivity index (χ2v) is 8.05. The van der Waals surface area contributed by atoms with E-state index >= 15 is 0 Å². The number of allylic oxidation sites excluding steroid dienone is 1. The lowest BCUT2D eigenvalue weighted by Gasteiger charge is -2.35. The Bertz CT molecular complexity index is 1040. The lowest BCUT2D eigenvalue weighted by atomic mass is 9.85. The van der Waals surface area contributed by atoms with Crippen molar-refractivity contribution in [2.24, 2.45) is 0 Å². The first-order valence-corrected chi connectivity index (χ1v) is 10.4. The molecular weight excluding hydrogens is 398 g/mol. The second-order valence-electron chi connectivity index (χ2n) is 7.61. The maximum absolute atomic E-state index is 11.2. The van der Waals surface area contributed by atoms with Crippen LogP contribution >= 0.6 is 11.6 Å². The van der Waals surface area contributed by atoms with Gasteiger partial charge in [0.05, 0.1) is 0 Å². The molecule has 0 aromatic heterocycles. The number of hydrogen-bond donors (Lipinski definition) is 1. The number of carboxylic acid groups (broad SMARTS) is 1. The second kappa shape index (κ2) is 8.80. The first-order chi connectivity index (χ1) is 14.5. The molecule has 2 aliphatic rings. The standard InChI is InChI=1S/C25H24ClNO3/c1-17-20(16-27-13-12-24(27)25(28)29)7-6-19-15-22(10-11-23(17)19)30-14-2-3-18-4-8-21(26)9-5-18/h2-5,8-13,15,24H,6-7,14,16H2,1H3,(H,28,29)/b3-2+. The molecule has 0 saturated carbocycles. The van der Waals surface area contributed by atoms with Crippen LogP contribution in [0.3, 0.4) is 0 Å². The number of carbonyl (C=O) groups is 1. The van der Waals surface area contributed by atoms with Crippen molar-refractivity contribution >= 4 is 29.2 Å². The van der Waals surface area contributed by atoms with Crippen LogP contribution < -0.4 is 4.74 Å². The van der Waals surface area contributed by atoms with Gasteiger partial charge in [-0.15, -0.1) is 0 Å². The summed E-state index contributed by atoms with van der Waals surface area (Å²) < 4.78 is 5.90. The van der Waals surface area contributed by atoms with Crippen molar-refractivity contribution in [3.8, 4) is 5.75 Å². The average molecular weight is 422 g/mol. The zero-order valence-electron chi connectivity index (χ0n) is 16.8. The number of halogens is 1. The first-order valence-electron chi connectivity index (χ1n) is 10.0. The molecule has 2 aromatic rings. The summed E-state index contributed by atoms with van der Waals surface area (Å²) in [6.45, 7) is 3.30. The highest BCUT2D eigenvalue weighted by atomic mass is 35.5. The number of hydrogen-bond acceptors (Lipinski definition) is 3. The van der Waals surface area contributed by atoms with E-state index in [-0.39, 0.29) is 0 Å². The van der Waals surface area contributed by atoms with Gasteiger partial charge in [0.15, 0.2) is 0 Å². The van der Waals surface area contributed by atoms with Crippen LogP contribution in [0.2, 0.25) is 5.02 Å². The quantitative estimate of drug-likeness (QED) is 0.647. The third-order valence-electron chi connectivity index (χ3n) is 5.68. The molecule has 0 spiro atoms. The average Bonchev–Trinajstić information content (AvgIpc) is 2.70. The molecule has 1 aliphatic heterocycles. The molecule has 0 amide bonds. The molecule has 154 valence electrons. The van der Waals surface area contributed by atoms with E-state index in [4.69, 9.17) is 16.3 Å². The van der Waals surface area contributed by atoms with Crippen LogP contribution in [-0.2, 0) is 11.2 Å². The third-order valence-corrected chi connectivity index (χ3v) is 5.93. The number of carboxylic acids is 1. The van der Waals surface area contributed by atoms with E-state index in [9.17, 15) is 9.90 Å². The van der Waals surface area contributed by atoms with Crippen molar-refractivity contribution in [1.29, 1.82) is 0 Å². The van der Waals surface area contributed by atoms with Crippen molar-refractivity contribution in [1.82, 2.24) is 4.90 Å². The van der Waals surface area contributed by atoms with Gasteiger partial charge in [0, 0.05) is 11.6 Å². The van der Waals surface area contributed by atoms with Gasteiger partial charge in [-0.3, -0.25) is 0 Å². The summed E-state index contributed by atoms with van der Waals surface area (Å²) in [5.74, 6) is 0.0706. The Balaban J connectivity index is 1.38. The molecule has 1 aliphatic carbocycles. The van der Waals surface area contributed by atoms with E-state index in [1.54, 1.807) is 6.08 Å². The van der Waals surface area contributed by atoms with E-state index in [1.807, 2.05) is 53.6 Å². The Kier molecular flexibility index (Phi) is 5.96. The van der Waals surface area contributed by atoms with E-state index in [1.165, 1.54) is 22.3 Å². The number of nitrogens with zero attached hydrogens (tertiary/aromatic N) is 1. The lowest BCUT2D eigenvalue weighted by molar-refractivity contribution is -0.141. The molecular formula is C25H24ClNO3. The Morgan fingerprint density at radius 1 is 1.23 bits per heavy atom. The highest BCUT2D eigenvalue weighted by Crippen LogP contribution is 2.34. The van der Waals surface area contributed by atoms with Gasteiger partial charge >= 0.3 is 5.97 Å². The summed E-state index contributed by atoms with van der Waals surface area (Å²) in [5, 5.41) is 9.95. The molecule has 1 atom stereocenters. The van der Waals surface area contributed by atoms with Crippen LogP contribution in [0.25, 0.3) is 11.6 Å². The van der Waals surface area contributed by atoms with Gasteiger partial charge < -0.3 is 14.7 Å². The highest BCUT2D eigenvalue weighted by molar-refractivity contribution is 6.30. The fraction of sp³-hybridized carbons (Fsp3) is 0.240. The van der Waals surface area contributed by atoms with Gasteiger partial charge in [-0.2, -0.15) is 0 Å². The third kappa shape index (κ3) is 4.44. The molecule has 1 unspecified atom stereocenters. The number of aliphatic carboxylic acids is 1. The monoisotopic (exact) mass is 421 g/mol. The normalized spacial score (nSPS) is 17.8. The summed E-state index contributed by atoms with van der Waals surface area (Å²) in [6, 6.07) is 13.4. The Labute approximate surface area is 181 Å². The molecule has 0 bridgehead atoms. The van der Waals surface area contributed by atoms with Gasteiger partial charge in [-0.05, 0) is 90.2 Å². The predicted octanol–water partition coefficient (Wildman–Crippen LogP) is 5.43. The largest absolute Gasteiger partial charge is 0.490 e. The van der Waals surface area contributed by atoms with Crippen molar-refractivity contribution in [2.45, 2.75) is 25.8 Å². The summed E-state index contributed by atoms with van der Waals surface area (Å²) in [4.78, 5) is 13.1. The van der Waals surface area contributed by atoms with Crippen LogP contribution in [-0.4, -0.2) is 35.2 Å². The van der Waals surface area contributed by atoms with Crippen molar-refractivity contribution in [3.63, 3.8) is 0 Å². The number of rotatable bonds is 7. The van der Waals surface area contributed by atoms with Crippen molar-refractivity contribution < 1.29 is 14.6 Å². The SMILES string of the molecule is CC1=C(CN2C=CC2C(=O)O)CCc2cc(OC/C=C/c3ccc(Cl)cc3)ccc21. The Morgan fingerprint density at radius 3 is 2.73 bits per heavy atom. The van der Waals surface area contributed by atoms with Gasteiger partial charge in [0.1, 0.15) is 18.4 Å². The van der Waals surface area contributed by atoms with Gasteiger partial charge in [0.2, 0.25) is 0 Å². The van der Waals surface area contributed by atoms with Crippen molar-refractivity contribution in [3.05, 3.63) is 88.1 Å². The van der Waals surface area contributed by atoms with Crippen LogP contribution in [0, 0.1) is 0 Å². The fourth-order valence-corrected chi connectivity index (χ4v) is 4.01. The maximum Gasteiger partial charge on any atom is 0.330 e. The summed E-state index contributed by atoms with van der Waals surface area (Å²) in [6.07, 6.45) is 9.47. The molecule has 2 aromatic carbocycles. The summed E-state index contributed by atoms with van der Waals surface area (Å²) >= 11 is 5.90. The molecule has 4 nitrogen and oxygen atoms in total. The number of aryl methyl sites for hydroxylation is 1. The minimum atomic E-state index is -0.793. The van der Waals surface area contributed by atoms with Gasteiger partial charge in [0.25, 0.3) is 0 Å². The number of ether oxygens (including phenoxy) is 1. The van der Waals surface area contributed by atoms with Gasteiger partial charge in [-0.1, -0.05) is 35.9 Å². The molecule has 1 N–H and O–H groups in total. The molecule has 0 radical (unpaired) electrons. The smallest absolute Gasteiger partial charge is 0.330 e. The molecule has 1 heterocycles. The van der Waals surface area contributed by atoms with E-state index in [0.717, 1.165) is 29.2 Å². The Hall–Kier alpha value is -2.98. The highest BCUT2D eigenvalue weighted by Gasteiger charge is 2.28. The van der Waals surface area contributed by atoms with E-state index in [2.05, 4.69) is 19.1 Å². The molecule has 30 heavy (non-hydrogen) atoms. The minimum Gasteiger partial charge on any atom is -0.490 e. The van der Waals surface area contributed by atoms with Crippen LogP contribution in [0.4, 0.5) is 0 Å². The maximum atomic E-state index is 11.2. The van der Waals surface area contributed by atoms with Crippen molar-refractivity contribution in [2.75, 3.05) is 13.2 Å². The molecule has 0 fully saturated rings. The lowest BCUT2D eigenvalue weighted by Crippen LogP contribution is -2.43. The topological polar surface area (TPSA) is 49.8 Å². The van der Waals surface area contributed by atoms with Gasteiger partial charge in [-0.25, -0.2) is 4.79 Å². The van der Waals surface area contributed by atoms with E-state index in [0.29, 0.717) is 13.2 Å².